The standard InChI is InChI=1S/C25H18N6/c1-15-4-2-5-16(10-15)17-7-8-21-19(11-17)24(31-30-21)25-28-22-14-27-13-20(23(22)29-25)18-6-3-9-26-12-18/h2-14H,1H3,(H,28,29)(H,30,31). The normalized spacial score (nSPS) is 11.4. The van der Waals surface area contributed by atoms with Gasteiger partial charge in [-0.25, -0.2) is 4.98 Å². The van der Waals surface area contributed by atoms with Crippen molar-refractivity contribution in [1.29, 1.82) is 0 Å². The van der Waals surface area contributed by atoms with E-state index >= 15 is 0 Å². The summed E-state index contributed by atoms with van der Waals surface area (Å²) in [6.45, 7) is 2.10. The molecule has 0 spiro atoms. The molecule has 0 aliphatic carbocycles. The van der Waals surface area contributed by atoms with Gasteiger partial charge in [0.25, 0.3) is 0 Å². The van der Waals surface area contributed by atoms with Crippen molar-refractivity contribution in [3.63, 3.8) is 0 Å². The lowest BCUT2D eigenvalue weighted by molar-refractivity contribution is 1.11. The zero-order chi connectivity index (χ0) is 20.8. The molecule has 6 nitrogen and oxygen atoms in total. The molecule has 31 heavy (non-hydrogen) atoms. The number of benzene rings is 2. The van der Waals surface area contributed by atoms with E-state index in [1.807, 2.05) is 24.5 Å². The summed E-state index contributed by atoms with van der Waals surface area (Å²) in [6, 6.07) is 18.8. The Hall–Kier alpha value is -4.32. The van der Waals surface area contributed by atoms with Crippen molar-refractivity contribution in [2.75, 3.05) is 0 Å². The average Bonchev–Trinajstić information content (AvgIpc) is 3.43. The van der Waals surface area contributed by atoms with Gasteiger partial charge >= 0.3 is 0 Å². The highest BCUT2D eigenvalue weighted by molar-refractivity contribution is 5.97. The van der Waals surface area contributed by atoms with Crippen LogP contribution < -0.4 is 0 Å². The predicted molar refractivity (Wildman–Crippen MR) is 122 cm³/mol. The van der Waals surface area contributed by atoms with Crippen LogP contribution in [0.5, 0.6) is 0 Å². The third-order valence-electron chi connectivity index (χ3n) is 5.51. The number of hydrogen-bond acceptors (Lipinski definition) is 4. The molecule has 0 saturated heterocycles. The van der Waals surface area contributed by atoms with Gasteiger partial charge in [-0.3, -0.25) is 15.1 Å². The fraction of sp³-hybridized carbons (Fsp3) is 0.0400. The highest BCUT2D eigenvalue weighted by atomic mass is 15.1. The molecule has 0 fully saturated rings. The van der Waals surface area contributed by atoms with Crippen LogP contribution in [-0.2, 0) is 0 Å². The lowest BCUT2D eigenvalue weighted by Gasteiger charge is -2.03. The van der Waals surface area contributed by atoms with Gasteiger partial charge in [-0.1, -0.05) is 42.0 Å². The highest BCUT2D eigenvalue weighted by Gasteiger charge is 2.16. The first-order chi connectivity index (χ1) is 15.3. The lowest BCUT2D eigenvalue weighted by Crippen LogP contribution is -1.84. The maximum Gasteiger partial charge on any atom is 0.159 e. The predicted octanol–water partition coefficient (Wildman–Crippen LogP) is 5.54. The Morgan fingerprint density at radius 1 is 0.774 bits per heavy atom. The Morgan fingerprint density at radius 3 is 2.55 bits per heavy atom. The zero-order valence-electron chi connectivity index (χ0n) is 16.8. The monoisotopic (exact) mass is 402 g/mol. The fourth-order valence-corrected chi connectivity index (χ4v) is 3.98. The van der Waals surface area contributed by atoms with Crippen molar-refractivity contribution in [3.05, 3.63) is 84.9 Å². The Labute approximate surface area is 178 Å². The molecule has 6 aromatic rings. The molecule has 4 aromatic heterocycles. The molecule has 0 unspecified atom stereocenters. The van der Waals surface area contributed by atoms with Crippen LogP contribution in [0.4, 0.5) is 0 Å². The number of imidazole rings is 1. The molecule has 6 heteroatoms. The van der Waals surface area contributed by atoms with Gasteiger partial charge in [-0.2, -0.15) is 5.10 Å². The Bertz CT molecular complexity index is 1550. The quantitative estimate of drug-likeness (QED) is 0.407. The first-order valence-electron chi connectivity index (χ1n) is 10.1. The van der Waals surface area contributed by atoms with Crippen LogP contribution in [0.1, 0.15) is 5.56 Å². The summed E-state index contributed by atoms with van der Waals surface area (Å²) >= 11 is 0. The van der Waals surface area contributed by atoms with E-state index in [0.29, 0.717) is 5.82 Å². The van der Waals surface area contributed by atoms with Gasteiger partial charge in [0.15, 0.2) is 5.82 Å². The minimum Gasteiger partial charge on any atom is -0.335 e. The molecule has 2 N–H and O–H groups in total. The minimum atomic E-state index is 0.709. The summed E-state index contributed by atoms with van der Waals surface area (Å²) in [6.07, 6.45) is 7.19. The molecular weight excluding hydrogens is 384 g/mol. The van der Waals surface area contributed by atoms with Gasteiger partial charge in [0, 0.05) is 35.1 Å². The van der Waals surface area contributed by atoms with E-state index in [0.717, 1.165) is 44.3 Å². The third-order valence-corrected chi connectivity index (χ3v) is 5.51. The van der Waals surface area contributed by atoms with Crippen LogP contribution in [0.25, 0.3) is 55.7 Å². The van der Waals surface area contributed by atoms with Crippen molar-refractivity contribution in [2.24, 2.45) is 0 Å². The highest BCUT2D eigenvalue weighted by Crippen LogP contribution is 2.32. The van der Waals surface area contributed by atoms with E-state index in [2.05, 4.69) is 74.5 Å². The number of fused-ring (bicyclic) bond motifs is 2. The fourth-order valence-electron chi connectivity index (χ4n) is 3.98. The maximum absolute atomic E-state index is 4.89. The molecule has 0 aliphatic heterocycles. The second-order valence-electron chi connectivity index (χ2n) is 7.61. The number of H-pyrrole nitrogens is 2. The van der Waals surface area contributed by atoms with Crippen LogP contribution in [0.15, 0.2) is 79.4 Å². The Morgan fingerprint density at radius 2 is 1.68 bits per heavy atom. The number of nitrogens with one attached hydrogen (secondary N) is 2. The van der Waals surface area contributed by atoms with E-state index in [9.17, 15) is 0 Å². The van der Waals surface area contributed by atoms with E-state index in [4.69, 9.17) is 4.98 Å². The number of rotatable bonds is 3. The van der Waals surface area contributed by atoms with Crippen LogP contribution in [0.2, 0.25) is 0 Å². The Kier molecular flexibility index (Phi) is 3.89. The Balaban J connectivity index is 1.51. The molecule has 0 bridgehead atoms. The SMILES string of the molecule is Cc1cccc(-c2ccc3[nH]nc(-c4nc5c(-c6cccnc6)cncc5[nH]4)c3c2)c1. The van der Waals surface area contributed by atoms with Crippen molar-refractivity contribution in [3.8, 4) is 33.8 Å². The molecule has 0 radical (unpaired) electrons. The third kappa shape index (κ3) is 2.97. The molecule has 148 valence electrons. The largest absolute Gasteiger partial charge is 0.335 e. The number of hydrogen-bond donors (Lipinski definition) is 2. The van der Waals surface area contributed by atoms with E-state index in [1.54, 1.807) is 12.4 Å². The summed E-state index contributed by atoms with van der Waals surface area (Å²) in [5.74, 6) is 0.709. The van der Waals surface area contributed by atoms with Gasteiger partial charge < -0.3 is 4.98 Å². The molecule has 6 rings (SSSR count). The summed E-state index contributed by atoms with van der Waals surface area (Å²) in [5, 5.41) is 8.72. The van der Waals surface area contributed by atoms with Crippen molar-refractivity contribution in [2.45, 2.75) is 6.92 Å². The molecular formula is C25H18N6. The van der Waals surface area contributed by atoms with E-state index in [-0.39, 0.29) is 0 Å². The summed E-state index contributed by atoms with van der Waals surface area (Å²) in [4.78, 5) is 16.9. The van der Waals surface area contributed by atoms with Crippen molar-refractivity contribution in [1.82, 2.24) is 30.1 Å². The topological polar surface area (TPSA) is 83.1 Å². The second kappa shape index (κ2) is 6.88. The number of aromatic amines is 2. The molecule has 0 saturated carbocycles. The number of nitrogens with zero attached hydrogens (tertiary/aromatic N) is 4. The molecule has 2 aromatic carbocycles. The smallest absolute Gasteiger partial charge is 0.159 e. The minimum absolute atomic E-state index is 0.709. The summed E-state index contributed by atoms with van der Waals surface area (Å²) < 4.78 is 0. The lowest BCUT2D eigenvalue weighted by atomic mass is 10.0. The summed E-state index contributed by atoms with van der Waals surface area (Å²) in [7, 11) is 0. The van der Waals surface area contributed by atoms with Gasteiger partial charge in [0.1, 0.15) is 11.2 Å². The second-order valence-corrected chi connectivity index (χ2v) is 7.61. The van der Waals surface area contributed by atoms with Crippen molar-refractivity contribution >= 4 is 21.9 Å². The van der Waals surface area contributed by atoms with Crippen LogP contribution >= 0.6 is 0 Å². The van der Waals surface area contributed by atoms with Crippen LogP contribution in [0, 0.1) is 6.92 Å². The first kappa shape index (κ1) is 17.5. The number of aryl methyl sites for hydroxylation is 1. The zero-order valence-corrected chi connectivity index (χ0v) is 16.8. The molecule has 0 aliphatic rings. The van der Waals surface area contributed by atoms with E-state index < -0.39 is 0 Å². The molecule has 0 amide bonds. The molecule has 4 heterocycles. The van der Waals surface area contributed by atoms with Crippen molar-refractivity contribution < 1.29 is 0 Å². The van der Waals surface area contributed by atoms with Gasteiger partial charge in [-0.05, 0) is 36.2 Å². The number of aromatic nitrogens is 6. The van der Waals surface area contributed by atoms with E-state index in [1.165, 1.54) is 11.1 Å². The first-order valence-corrected chi connectivity index (χ1v) is 10.1. The van der Waals surface area contributed by atoms with Crippen LogP contribution in [-0.4, -0.2) is 30.1 Å². The maximum atomic E-state index is 4.89. The van der Waals surface area contributed by atoms with Gasteiger partial charge in [0.05, 0.1) is 17.2 Å². The van der Waals surface area contributed by atoms with Gasteiger partial charge in [0.2, 0.25) is 0 Å². The molecule has 0 atom stereocenters. The average molecular weight is 402 g/mol. The summed E-state index contributed by atoms with van der Waals surface area (Å²) in [5.41, 5.74) is 8.95. The van der Waals surface area contributed by atoms with Gasteiger partial charge in [-0.15, -0.1) is 0 Å². The number of pyridine rings is 2. The van der Waals surface area contributed by atoms with Crippen LogP contribution in [0.3, 0.4) is 0 Å².